The van der Waals surface area contributed by atoms with Crippen molar-refractivity contribution in [2.24, 2.45) is 7.05 Å². The molecule has 3 aromatic rings. The summed E-state index contributed by atoms with van der Waals surface area (Å²) < 4.78 is 31.3. The number of hydrogen-bond acceptors (Lipinski definition) is 2. The Hall–Kier alpha value is -2.02. The number of rotatable bonds is 3. The smallest absolute Gasteiger partial charge is 0.184 e. The molecule has 0 unspecified atom stereocenters. The van der Waals surface area contributed by atoms with E-state index in [0.29, 0.717) is 5.65 Å². The molecule has 0 aliphatic rings. The quantitative estimate of drug-likeness (QED) is 0.750. The lowest BCUT2D eigenvalue weighted by Crippen LogP contribution is -2.05. The zero-order valence-electron chi connectivity index (χ0n) is 11.7. The van der Waals surface area contributed by atoms with Gasteiger partial charge in [-0.2, -0.15) is 5.10 Å². The van der Waals surface area contributed by atoms with Crippen molar-refractivity contribution in [3.63, 3.8) is 0 Å². The second kappa shape index (κ2) is 5.07. The first kappa shape index (κ1) is 13.9. The molecule has 0 saturated heterocycles. The van der Waals surface area contributed by atoms with Crippen LogP contribution in [0.4, 0.5) is 8.78 Å². The Kier molecular flexibility index (Phi) is 3.36. The summed E-state index contributed by atoms with van der Waals surface area (Å²) in [4.78, 5) is 3.02. The molecule has 3 rings (SSSR count). The molecule has 0 atom stereocenters. The van der Waals surface area contributed by atoms with Crippen molar-refractivity contribution in [3.05, 3.63) is 40.3 Å². The molecule has 0 aliphatic heterocycles. The molecule has 1 N–H and O–H groups in total. The van der Waals surface area contributed by atoms with Gasteiger partial charge in [0.25, 0.3) is 0 Å². The van der Waals surface area contributed by atoms with E-state index in [4.69, 9.17) is 12.2 Å². The van der Waals surface area contributed by atoms with Gasteiger partial charge in [0.15, 0.2) is 10.4 Å². The molecule has 7 heteroatoms. The SMILES string of the molecule is CCCc1nn(C)c2c1[nH]c(=S)n2-c1c(F)cccc1F. The molecule has 0 spiro atoms. The lowest BCUT2D eigenvalue weighted by Gasteiger charge is -2.07. The van der Waals surface area contributed by atoms with Crippen LogP contribution in [-0.2, 0) is 13.5 Å². The van der Waals surface area contributed by atoms with Crippen LogP contribution in [0.15, 0.2) is 18.2 Å². The number of imidazole rings is 1. The minimum Gasteiger partial charge on any atom is -0.327 e. The van der Waals surface area contributed by atoms with Crippen molar-refractivity contribution in [3.8, 4) is 5.69 Å². The summed E-state index contributed by atoms with van der Waals surface area (Å²) in [5.74, 6) is -1.32. The Morgan fingerprint density at radius 2 is 1.95 bits per heavy atom. The van der Waals surface area contributed by atoms with Gasteiger partial charge in [0.05, 0.1) is 5.69 Å². The number of benzene rings is 1. The fourth-order valence-electron chi connectivity index (χ4n) is 2.53. The Labute approximate surface area is 125 Å². The van der Waals surface area contributed by atoms with Crippen molar-refractivity contribution >= 4 is 23.4 Å². The third-order valence-electron chi connectivity index (χ3n) is 3.38. The van der Waals surface area contributed by atoms with Gasteiger partial charge < -0.3 is 4.98 Å². The van der Waals surface area contributed by atoms with Crippen LogP contribution in [-0.4, -0.2) is 19.3 Å². The fraction of sp³-hybridized carbons (Fsp3) is 0.286. The number of nitrogens with zero attached hydrogens (tertiary/aromatic N) is 3. The number of aromatic nitrogens is 4. The number of aromatic amines is 1. The Bertz CT molecular complexity index is 855. The second-order valence-corrected chi connectivity index (χ2v) is 5.24. The number of aryl methyl sites for hydroxylation is 2. The van der Waals surface area contributed by atoms with Gasteiger partial charge in [-0.3, -0.25) is 4.57 Å². The standard InChI is InChI=1S/C14H14F2N4S/c1-3-5-10-11-13(19(2)18-10)20(14(21)17-11)12-8(15)6-4-7-9(12)16/h4,6-7H,3,5H2,1-2H3,(H,17,21). The molecule has 0 bridgehead atoms. The zero-order chi connectivity index (χ0) is 15.1. The number of nitrogens with one attached hydrogen (secondary N) is 1. The monoisotopic (exact) mass is 308 g/mol. The molecular weight excluding hydrogens is 294 g/mol. The Morgan fingerprint density at radius 1 is 1.29 bits per heavy atom. The lowest BCUT2D eigenvalue weighted by atomic mass is 10.2. The zero-order valence-corrected chi connectivity index (χ0v) is 12.5. The van der Waals surface area contributed by atoms with Crippen LogP contribution in [0.2, 0.25) is 0 Å². The van der Waals surface area contributed by atoms with Crippen molar-refractivity contribution in [2.45, 2.75) is 19.8 Å². The minimum atomic E-state index is -0.662. The van der Waals surface area contributed by atoms with E-state index in [-0.39, 0.29) is 10.5 Å². The number of H-pyrrole nitrogens is 1. The highest BCUT2D eigenvalue weighted by atomic mass is 32.1. The summed E-state index contributed by atoms with van der Waals surface area (Å²) in [6.45, 7) is 2.04. The van der Waals surface area contributed by atoms with Gasteiger partial charge in [-0.1, -0.05) is 19.4 Å². The van der Waals surface area contributed by atoms with Crippen molar-refractivity contribution in [1.82, 2.24) is 19.3 Å². The lowest BCUT2D eigenvalue weighted by molar-refractivity contribution is 0.568. The third-order valence-corrected chi connectivity index (χ3v) is 3.67. The van der Waals surface area contributed by atoms with Crippen LogP contribution in [0, 0.1) is 16.4 Å². The molecule has 21 heavy (non-hydrogen) atoms. The molecule has 2 aromatic heterocycles. The van der Waals surface area contributed by atoms with Gasteiger partial charge in [0.1, 0.15) is 22.8 Å². The van der Waals surface area contributed by atoms with Gasteiger partial charge in [0, 0.05) is 7.05 Å². The van der Waals surface area contributed by atoms with Crippen LogP contribution in [0.25, 0.3) is 16.9 Å². The predicted octanol–water partition coefficient (Wildman–Crippen LogP) is 3.65. The summed E-state index contributed by atoms with van der Waals surface area (Å²) >= 11 is 5.24. The normalized spacial score (nSPS) is 11.4. The highest BCUT2D eigenvalue weighted by Gasteiger charge is 2.20. The molecule has 2 heterocycles. The van der Waals surface area contributed by atoms with Crippen LogP contribution in [0.1, 0.15) is 19.0 Å². The topological polar surface area (TPSA) is 38.5 Å². The summed E-state index contributed by atoms with van der Waals surface area (Å²) in [6, 6.07) is 3.75. The third kappa shape index (κ3) is 2.08. The van der Waals surface area contributed by atoms with Gasteiger partial charge in [-0.15, -0.1) is 0 Å². The van der Waals surface area contributed by atoms with Crippen molar-refractivity contribution < 1.29 is 8.78 Å². The average Bonchev–Trinajstić information content (AvgIpc) is 2.90. The maximum Gasteiger partial charge on any atom is 0.184 e. The predicted molar refractivity (Wildman–Crippen MR) is 79.1 cm³/mol. The average molecular weight is 308 g/mol. The molecule has 0 radical (unpaired) electrons. The number of fused-ring (bicyclic) bond motifs is 1. The maximum atomic E-state index is 14.1. The summed E-state index contributed by atoms with van der Waals surface area (Å²) in [7, 11) is 1.74. The van der Waals surface area contributed by atoms with E-state index in [9.17, 15) is 8.78 Å². The Morgan fingerprint density at radius 3 is 2.57 bits per heavy atom. The van der Waals surface area contributed by atoms with Crippen molar-refractivity contribution in [1.29, 1.82) is 0 Å². The van der Waals surface area contributed by atoms with E-state index in [1.165, 1.54) is 22.8 Å². The first-order valence-corrected chi connectivity index (χ1v) is 7.06. The van der Waals surface area contributed by atoms with E-state index in [1.807, 2.05) is 6.92 Å². The van der Waals surface area contributed by atoms with E-state index in [2.05, 4.69) is 10.1 Å². The first-order valence-electron chi connectivity index (χ1n) is 6.65. The molecule has 1 aromatic carbocycles. The summed E-state index contributed by atoms with van der Waals surface area (Å²) in [6.07, 6.45) is 1.69. The molecule has 0 saturated carbocycles. The molecule has 110 valence electrons. The highest BCUT2D eigenvalue weighted by Crippen LogP contribution is 2.26. The Balaban J connectivity index is 2.39. The minimum absolute atomic E-state index is 0.181. The summed E-state index contributed by atoms with van der Waals surface area (Å²) in [5, 5.41) is 4.40. The molecule has 4 nitrogen and oxygen atoms in total. The van der Waals surface area contributed by atoms with Gasteiger partial charge >= 0.3 is 0 Å². The van der Waals surface area contributed by atoms with Crippen LogP contribution in [0.3, 0.4) is 0 Å². The van der Waals surface area contributed by atoms with E-state index >= 15 is 0 Å². The fourth-order valence-corrected chi connectivity index (χ4v) is 2.81. The van der Waals surface area contributed by atoms with E-state index in [0.717, 1.165) is 24.1 Å². The number of halogens is 2. The molecule has 0 amide bonds. The van der Waals surface area contributed by atoms with Gasteiger partial charge in [-0.25, -0.2) is 13.5 Å². The maximum absolute atomic E-state index is 14.1. The molecule has 0 aliphatic carbocycles. The van der Waals surface area contributed by atoms with Crippen molar-refractivity contribution in [2.75, 3.05) is 0 Å². The number of para-hydroxylation sites is 1. The highest BCUT2D eigenvalue weighted by molar-refractivity contribution is 7.71. The number of hydrogen-bond donors (Lipinski definition) is 1. The van der Waals surface area contributed by atoms with E-state index < -0.39 is 11.6 Å². The largest absolute Gasteiger partial charge is 0.327 e. The van der Waals surface area contributed by atoms with Gasteiger partial charge in [-0.05, 0) is 30.8 Å². The first-order chi connectivity index (χ1) is 10.0. The molecule has 0 fully saturated rings. The second-order valence-electron chi connectivity index (χ2n) is 4.85. The van der Waals surface area contributed by atoms with E-state index in [1.54, 1.807) is 11.7 Å². The molecular formula is C14H14F2N4S. The van der Waals surface area contributed by atoms with Crippen LogP contribution >= 0.6 is 12.2 Å². The van der Waals surface area contributed by atoms with Crippen LogP contribution in [0.5, 0.6) is 0 Å². The van der Waals surface area contributed by atoms with Gasteiger partial charge in [0.2, 0.25) is 0 Å². The van der Waals surface area contributed by atoms with Crippen LogP contribution < -0.4 is 0 Å². The summed E-state index contributed by atoms with van der Waals surface area (Å²) in [5.41, 5.74) is 1.95.